The average molecular weight is 494 g/mol. The van der Waals surface area contributed by atoms with Crippen LogP contribution in [0.4, 0.5) is 0 Å². The minimum atomic E-state index is -0.514. The second kappa shape index (κ2) is 8.47. The van der Waals surface area contributed by atoms with E-state index in [0.717, 1.165) is 30.6 Å². The number of rotatable bonds is 4. The number of amides is 1. The van der Waals surface area contributed by atoms with E-state index in [1.165, 1.54) is 11.3 Å². The fourth-order valence-electron chi connectivity index (χ4n) is 4.21. The number of hydrogen-bond donors (Lipinski definition) is 4. The Kier molecular flexibility index (Phi) is 5.26. The van der Waals surface area contributed by atoms with Crippen LogP contribution in [-0.2, 0) is 0 Å². The zero-order valence-electron chi connectivity index (χ0n) is 18.6. The summed E-state index contributed by atoms with van der Waals surface area (Å²) in [5, 5.41) is 24.9. The Morgan fingerprint density at radius 2 is 2.11 bits per heavy atom. The molecule has 0 bridgehead atoms. The Balaban J connectivity index is 1.44. The number of thiophene rings is 1. The Labute approximate surface area is 202 Å². The number of likely N-dealkylation sites (tertiary alicyclic amines) is 1. The third-order valence-electron chi connectivity index (χ3n) is 6.13. The highest BCUT2D eigenvalue weighted by Crippen LogP contribution is 2.28. The maximum atomic E-state index is 13.0. The lowest BCUT2D eigenvalue weighted by molar-refractivity contribution is 0.0478. The van der Waals surface area contributed by atoms with Crippen molar-refractivity contribution in [2.24, 2.45) is 4.99 Å². The van der Waals surface area contributed by atoms with Gasteiger partial charge in [-0.25, -0.2) is 9.78 Å². The molecule has 1 amide bonds. The van der Waals surface area contributed by atoms with Crippen molar-refractivity contribution in [2.45, 2.75) is 37.8 Å². The summed E-state index contributed by atoms with van der Waals surface area (Å²) in [6.07, 6.45) is 6.28. The standard InChI is InChI=1S/C23H23N7O4S/c31-14-2-1-7-29(11-14)22(33)18-6-5-17(35-18)15-9-19(25-13-3-4-13)30-20(26-15)12(10-24-30)8-16-21(32)28-23(34)27-16/h5-6,8-10,13-14,31-32H,1-4,7,11H2,(H2,27,28,34)/b12-8+,25-19?. The normalized spacial score (nSPS) is 19.7. The summed E-state index contributed by atoms with van der Waals surface area (Å²) >= 11 is 1.35. The highest BCUT2D eigenvalue weighted by molar-refractivity contribution is 7.17. The summed E-state index contributed by atoms with van der Waals surface area (Å²) in [6.45, 7) is 0.991. The van der Waals surface area contributed by atoms with Crippen molar-refractivity contribution in [1.29, 1.82) is 0 Å². The van der Waals surface area contributed by atoms with Crippen LogP contribution in [-0.4, -0.2) is 70.8 Å². The van der Waals surface area contributed by atoms with E-state index in [1.54, 1.807) is 27.8 Å². The Morgan fingerprint density at radius 1 is 1.26 bits per heavy atom. The van der Waals surface area contributed by atoms with Crippen molar-refractivity contribution in [3.63, 3.8) is 0 Å². The lowest BCUT2D eigenvalue weighted by Gasteiger charge is -2.29. The average Bonchev–Trinajstić information content (AvgIpc) is 3.22. The van der Waals surface area contributed by atoms with Crippen LogP contribution in [0.5, 0.6) is 5.88 Å². The largest absolute Gasteiger partial charge is 0.493 e. The lowest BCUT2D eigenvalue weighted by Crippen LogP contribution is -2.41. The van der Waals surface area contributed by atoms with Gasteiger partial charge in [-0.2, -0.15) is 9.61 Å². The maximum Gasteiger partial charge on any atom is 0.326 e. The van der Waals surface area contributed by atoms with Crippen molar-refractivity contribution in [2.75, 3.05) is 13.1 Å². The maximum absolute atomic E-state index is 13.0. The molecular formula is C23H23N7O4S. The van der Waals surface area contributed by atoms with E-state index < -0.39 is 11.8 Å². The second-order valence-electron chi connectivity index (χ2n) is 8.89. The Bertz CT molecular complexity index is 1610. The molecule has 0 aromatic carbocycles. The molecule has 1 saturated carbocycles. The van der Waals surface area contributed by atoms with Crippen molar-refractivity contribution < 1.29 is 15.0 Å². The van der Waals surface area contributed by atoms with Crippen molar-refractivity contribution >= 4 is 29.0 Å². The summed E-state index contributed by atoms with van der Waals surface area (Å²) in [6, 6.07) is 5.77. The number of hydrogen-bond acceptors (Lipinski definition) is 8. The molecular weight excluding hydrogens is 470 g/mol. The number of nitrogens with one attached hydrogen (secondary N) is 2. The number of aliphatic hydroxyl groups excluding tert-OH is 1. The molecule has 35 heavy (non-hydrogen) atoms. The van der Waals surface area contributed by atoms with Crippen LogP contribution < -0.4 is 16.4 Å². The van der Waals surface area contributed by atoms with E-state index >= 15 is 0 Å². The first kappa shape index (κ1) is 21.7. The molecule has 4 N–H and O–H groups in total. The number of H-pyrrole nitrogens is 2. The van der Waals surface area contributed by atoms with E-state index in [4.69, 9.17) is 9.98 Å². The molecule has 4 aromatic rings. The first-order valence-corrected chi connectivity index (χ1v) is 12.3. The lowest BCUT2D eigenvalue weighted by atomic mass is 10.1. The number of carbonyl (C=O) groups excluding carboxylic acids is 1. The van der Waals surface area contributed by atoms with Crippen LogP contribution in [0, 0.1) is 0 Å². The number of aromatic amines is 2. The Hall–Kier alpha value is -3.77. The monoisotopic (exact) mass is 493 g/mol. The molecule has 2 aliphatic rings. The summed E-state index contributed by atoms with van der Waals surface area (Å²) in [7, 11) is 0. The zero-order valence-corrected chi connectivity index (χ0v) is 19.5. The molecule has 1 unspecified atom stereocenters. The highest BCUT2D eigenvalue weighted by Gasteiger charge is 2.25. The third-order valence-corrected chi connectivity index (χ3v) is 7.23. The van der Waals surface area contributed by atoms with Crippen LogP contribution >= 0.6 is 11.3 Å². The van der Waals surface area contributed by atoms with Gasteiger partial charge in [0.15, 0.2) is 11.1 Å². The summed E-state index contributed by atoms with van der Waals surface area (Å²) in [5.74, 6) is -0.355. The van der Waals surface area contributed by atoms with Crippen LogP contribution in [0.3, 0.4) is 0 Å². The van der Waals surface area contributed by atoms with Gasteiger partial charge in [0, 0.05) is 24.4 Å². The number of fused-ring (bicyclic) bond motifs is 1. The van der Waals surface area contributed by atoms with Gasteiger partial charge in [-0.1, -0.05) is 0 Å². The van der Waals surface area contributed by atoms with Gasteiger partial charge in [0.1, 0.15) is 5.69 Å². The first-order chi connectivity index (χ1) is 16.9. The van der Waals surface area contributed by atoms with E-state index in [0.29, 0.717) is 40.0 Å². The van der Waals surface area contributed by atoms with Gasteiger partial charge in [-0.15, -0.1) is 11.3 Å². The number of nitrogens with zero attached hydrogens (tertiary/aromatic N) is 5. The van der Waals surface area contributed by atoms with Crippen molar-refractivity contribution in [3.05, 3.63) is 56.2 Å². The van der Waals surface area contributed by atoms with Gasteiger partial charge >= 0.3 is 5.69 Å². The van der Waals surface area contributed by atoms with Gasteiger partial charge in [0.05, 0.1) is 33.8 Å². The SMILES string of the molecule is O=C(c1ccc(-c2cc(=NC3CC3)n3nc/c(=C\c4[nH]c(=O)[nH]c4O)c3n2)s1)N1CCCC(O)C1. The number of piperidine rings is 1. The van der Waals surface area contributed by atoms with Gasteiger partial charge in [-0.05, 0) is 43.9 Å². The van der Waals surface area contributed by atoms with Crippen LogP contribution in [0.25, 0.3) is 22.3 Å². The first-order valence-electron chi connectivity index (χ1n) is 11.5. The number of aromatic nitrogens is 5. The molecule has 11 nitrogen and oxygen atoms in total. The summed E-state index contributed by atoms with van der Waals surface area (Å²) < 4.78 is 1.64. The number of aromatic hydroxyl groups is 1. The molecule has 1 saturated heterocycles. The number of imidazole rings is 1. The smallest absolute Gasteiger partial charge is 0.326 e. The van der Waals surface area contributed by atoms with Crippen LogP contribution in [0.1, 0.15) is 41.0 Å². The van der Waals surface area contributed by atoms with Gasteiger partial charge in [-0.3, -0.25) is 14.8 Å². The molecule has 5 heterocycles. The van der Waals surface area contributed by atoms with E-state index in [-0.39, 0.29) is 23.5 Å². The van der Waals surface area contributed by atoms with E-state index in [2.05, 4.69) is 15.1 Å². The fourth-order valence-corrected chi connectivity index (χ4v) is 5.14. The summed E-state index contributed by atoms with van der Waals surface area (Å²) in [5.41, 5.74) is 1.54. The third kappa shape index (κ3) is 4.26. The van der Waals surface area contributed by atoms with Crippen molar-refractivity contribution in [1.82, 2.24) is 29.5 Å². The molecule has 1 aliphatic heterocycles. The van der Waals surface area contributed by atoms with Crippen molar-refractivity contribution in [3.8, 4) is 16.5 Å². The molecule has 12 heteroatoms. The van der Waals surface area contributed by atoms with Crippen LogP contribution in [0.2, 0.25) is 0 Å². The van der Waals surface area contributed by atoms with E-state index in [1.807, 2.05) is 12.1 Å². The predicted octanol–water partition coefficient (Wildman–Crippen LogP) is 0.387. The van der Waals surface area contributed by atoms with Crippen LogP contribution in [0.15, 0.2) is 34.2 Å². The number of carbonyl (C=O) groups is 1. The second-order valence-corrected chi connectivity index (χ2v) is 9.98. The highest BCUT2D eigenvalue weighted by atomic mass is 32.1. The topological polar surface area (TPSA) is 152 Å². The van der Waals surface area contributed by atoms with Gasteiger partial charge in [0.2, 0.25) is 5.88 Å². The zero-order chi connectivity index (χ0) is 24.1. The molecule has 4 aromatic heterocycles. The van der Waals surface area contributed by atoms with E-state index in [9.17, 15) is 19.8 Å². The predicted molar refractivity (Wildman–Crippen MR) is 128 cm³/mol. The molecule has 6 rings (SSSR count). The minimum absolute atomic E-state index is 0.0887. The number of aliphatic hydroxyl groups is 1. The molecule has 180 valence electrons. The molecule has 1 aliphatic carbocycles. The Morgan fingerprint density at radius 3 is 2.86 bits per heavy atom. The fraction of sp³-hybridized carbons (Fsp3) is 0.348. The van der Waals surface area contributed by atoms with Gasteiger partial charge in [0.25, 0.3) is 5.91 Å². The number of β-amino-alcohol motifs (C(OH)–C–C–N with tert-alkyl or cyclic N) is 1. The molecule has 1 atom stereocenters. The molecule has 0 spiro atoms. The van der Waals surface area contributed by atoms with Gasteiger partial charge < -0.3 is 20.1 Å². The quantitative estimate of drug-likeness (QED) is 0.323. The molecule has 0 radical (unpaired) electrons. The summed E-state index contributed by atoms with van der Waals surface area (Å²) in [4.78, 5) is 42.0. The minimum Gasteiger partial charge on any atom is -0.493 e. The molecule has 2 fully saturated rings.